The Morgan fingerprint density at radius 2 is 2.25 bits per heavy atom. The molecule has 80 valence electrons. The first-order chi connectivity index (χ1) is 7.71. The molecule has 0 N–H and O–H groups in total. The van der Waals surface area contributed by atoms with Gasteiger partial charge in [0.1, 0.15) is 11.9 Å². The van der Waals surface area contributed by atoms with Gasteiger partial charge in [0.2, 0.25) is 0 Å². The molecule has 0 radical (unpaired) electrons. The summed E-state index contributed by atoms with van der Waals surface area (Å²) >= 11 is 0. The molecule has 16 heavy (non-hydrogen) atoms. The van der Waals surface area contributed by atoms with Gasteiger partial charge in [-0.2, -0.15) is 10.5 Å². The van der Waals surface area contributed by atoms with Crippen molar-refractivity contribution in [1.82, 2.24) is 0 Å². The Labute approximate surface area is 93.0 Å². The van der Waals surface area contributed by atoms with Gasteiger partial charge in [0, 0.05) is 0 Å². The van der Waals surface area contributed by atoms with Gasteiger partial charge in [-0.05, 0) is 36.8 Å². The van der Waals surface area contributed by atoms with E-state index in [-0.39, 0.29) is 5.76 Å². The number of ether oxygens (including phenoxy) is 1. The van der Waals surface area contributed by atoms with Crippen molar-refractivity contribution in [3.63, 3.8) is 0 Å². The van der Waals surface area contributed by atoms with Gasteiger partial charge in [-0.15, -0.1) is 0 Å². The zero-order valence-corrected chi connectivity index (χ0v) is 8.70. The fraction of sp³-hybridized carbons (Fsp3) is 0.167. The van der Waals surface area contributed by atoms with Gasteiger partial charge in [0.15, 0.2) is 5.76 Å². The molecule has 0 aromatic heterocycles. The third kappa shape index (κ3) is 2.83. The number of hydrogen-bond donors (Lipinski definition) is 0. The van der Waals surface area contributed by atoms with E-state index in [1.165, 1.54) is 24.3 Å². The second kappa shape index (κ2) is 5.53. The highest BCUT2D eigenvalue weighted by Gasteiger charge is 2.03. The Morgan fingerprint density at radius 1 is 1.50 bits per heavy atom. The smallest absolute Gasteiger partial charge is 0.197 e. The lowest BCUT2D eigenvalue weighted by atomic mass is 10.1. The minimum Gasteiger partial charge on any atom is -0.484 e. The molecule has 0 heterocycles. The predicted molar refractivity (Wildman–Crippen MR) is 56.3 cm³/mol. The third-order valence-corrected chi connectivity index (χ3v) is 1.83. The molecule has 0 spiro atoms. The number of nitriles is 2. The molecule has 0 saturated carbocycles. The number of nitrogens with zero attached hydrogens (tertiary/aromatic N) is 2. The van der Waals surface area contributed by atoms with E-state index in [1.54, 1.807) is 6.92 Å². The minimum absolute atomic E-state index is 0.0598. The monoisotopic (exact) mass is 216 g/mol. The summed E-state index contributed by atoms with van der Waals surface area (Å²) in [6.45, 7) is 2.08. The molecule has 0 aliphatic carbocycles. The summed E-state index contributed by atoms with van der Waals surface area (Å²) in [6.07, 6.45) is 1.35. The zero-order chi connectivity index (χ0) is 12.0. The Hall–Kier alpha value is -2.33. The first-order valence-corrected chi connectivity index (χ1v) is 4.65. The third-order valence-electron chi connectivity index (χ3n) is 1.83. The fourth-order valence-electron chi connectivity index (χ4n) is 1.16. The van der Waals surface area contributed by atoms with Gasteiger partial charge in [-0.1, -0.05) is 0 Å². The van der Waals surface area contributed by atoms with E-state index in [9.17, 15) is 4.39 Å². The van der Waals surface area contributed by atoms with Crippen molar-refractivity contribution in [1.29, 1.82) is 10.5 Å². The van der Waals surface area contributed by atoms with E-state index in [0.717, 1.165) is 0 Å². The minimum atomic E-state index is -0.459. The fourth-order valence-corrected chi connectivity index (χ4v) is 1.16. The van der Waals surface area contributed by atoms with Gasteiger partial charge in [0.25, 0.3) is 0 Å². The average Bonchev–Trinajstić information content (AvgIpc) is 2.29. The first kappa shape index (κ1) is 11.7. The maximum Gasteiger partial charge on any atom is 0.197 e. The van der Waals surface area contributed by atoms with E-state index in [1.807, 2.05) is 12.1 Å². The Bertz CT molecular complexity index is 495. The largest absolute Gasteiger partial charge is 0.484 e. The van der Waals surface area contributed by atoms with E-state index in [2.05, 4.69) is 0 Å². The van der Waals surface area contributed by atoms with E-state index < -0.39 is 5.82 Å². The molecule has 0 atom stereocenters. The highest BCUT2D eigenvalue weighted by atomic mass is 19.1. The summed E-state index contributed by atoms with van der Waals surface area (Å²) in [5, 5.41) is 17.5. The summed E-state index contributed by atoms with van der Waals surface area (Å²) < 4.78 is 18.0. The highest BCUT2D eigenvalue weighted by molar-refractivity contribution is 5.61. The Morgan fingerprint density at radius 3 is 2.81 bits per heavy atom. The van der Waals surface area contributed by atoms with Crippen LogP contribution in [-0.4, -0.2) is 6.61 Å². The quantitative estimate of drug-likeness (QED) is 0.576. The van der Waals surface area contributed by atoms with Gasteiger partial charge in [-0.3, -0.25) is 0 Å². The molecule has 0 bridgehead atoms. The van der Waals surface area contributed by atoms with Crippen LogP contribution in [0.3, 0.4) is 0 Å². The average molecular weight is 216 g/mol. The summed E-state index contributed by atoms with van der Waals surface area (Å²) in [5.74, 6) is -0.399. The molecule has 4 heteroatoms. The number of benzene rings is 1. The summed E-state index contributed by atoms with van der Waals surface area (Å²) in [5.41, 5.74) is 0.640. The predicted octanol–water partition coefficient (Wildman–Crippen LogP) is 2.60. The van der Waals surface area contributed by atoms with E-state index in [4.69, 9.17) is 15.3 Å². The lowest BCUT2D eigenvalue weighted by Gasteiger charge is -2.01. The van der Waals surface area contributed by atoms with Crippen LogP contribution in [0, 0.1) is 28.5 Å². The molecular formula is C12H9FN2O. The standard InChI is InChI=1S/C12H9FN2O/c1-2-16-12(8-15)6-10-5-11(13)4-3-9(10)7-14/h3-6H,2H2,1H3. The maximum absolute atomic E-state index is 13.0. The lowest BCUT2D eigenvalue weighted by molar-refractivity contribution is 0.248. The molecule has 3 nitrogen and oxygen atoms in total. The van der Waals surface area contributed by atoms with Crippen molar-refractivity contribution >= 4 is 6.08 Å². The van der Waals surface area contributed by atoms with E-state index in [0.29, 0.717) is 17.7 Å². The van der Waals surface area contributed by atoms with Crippen LogP contribution in [0.15, 0.2) is 24.0 Å². The van der Waals surface area contributed by atoms with Crippen molar-refractivity contribution in [2.24, 2.45) is 0 Å². The zero-order valence-electron chi connectivity index (χ0n) is 8.70. The van der Waals surface area contributed by atoms with Crippen molar-refractivity contribution in [3.05, 3.63) is 40.9 Å². The van der Waals surface area contributed by atoms with E-state index >= 15 is 0 Å². The van der Waals surface area contributed by atoms with Gasteiger partial charge in [-0.25, -0.2) is 4.39 Å². The second-order valence-electron chi connectivity index (χ2n) is 2.90. The van der Waals surface area contributed by atoms with Crippen LogP contribution in [-0.2, 0) is 4.74 Å². The van der Waals surface area contributed by atoms with Crippen LogP contribution >= 0.6 is 0 Å². The van der Waals surface area contributed by atoms with Crippen LogP contribution < -0.4 is 0 Å². The molecule has 0 unspecified atom stereocenters. The summed E-state index contributed by atoms with van der Waals surface area (Å²) in [4.78, 5) is 0. The highest BCUT2D eigenvalue weighted by Crippen LogP contribution is 2.14. The molecule has 0 amide bonds. The van der Waals surface area contributed by atoms with Crippen LogP contribution in [0.2, 0.25) is 0 Å². The molecule has 0 fully saturated rings. The summed E-state index contributed by atoms with van der Waals surface area (Å²) in [6, 6.07) is 7.50. The van der Waals surface area contributed by atoms with Crippen LogP contribution in [0.1, 0.15) is 18.1 Å². The molecule has 0 aliphatic rings. The van der Waals surface area contributed by atoms with Gasteiger partial charge < -0.3 is 4.74 Å². The molecule has 0 saturated heterocycles. The first-order valence-electron chi connectivity index (χ1n) is 4.65. The van der Waals surface area contributed by atoms with Crippen LogP contribution in [0.5, 0.6) is 0 Å². The number of allylic oxidation sites excluding steroid dienone is 1. The van der Waals surface area contributed by atoms with Gasteiger partial charge >= 0.3 is 0 Å². The SMILES string of the molecule is CCOC(C#N)=Cc1cc(F)ccc1C#N. The maximum atomic E-state index is 13.0. The Kier molecular flexibility index (Phi) is 4.06. The number of halogens is 1. The second-order valence-corrected chi connectivity index (χ2v) is 2.90. The number of rotatable bonds is 3. The molecule has 1 aromatic carbocycles. The lowest BCUT2D eigenvalue weighted by Crippen LogP contribution is -1.91. The summed E-state index contributed by atoms with van der Waals surface area (Å²) in [7, 11) is 0. The van der Waals surface area contributed by atoms with Gasteiger partial charge in [0.05, 0.1) is 18.2 Å². The van der Waals surface area contributed by atoms with Crippen molar-refractivity contribution in [2.45, 2.75) is 6.92 Å². The number of hydrogen-bond acceptors (Lipinski definition) is 3. The molecule has 1 aromatic rings. The molecule has 1 rings (SSSR count). The molecular weight excluding hydrogens is 207 g/mol. The normalized spacial score (nSPS) is 10.4. The Balaban J connectivity index is 3.18. The van der Waals surface area contributed by atoms with Crippen LogP contribution in [0.4, 0.5) is 4.39 Å². The van der Waals surface area contributed by atoms with Crippen molar-refractivity contribution < 1.29 is 9.13 Å². The van der Waals surface area contributed by atoms with Crippen molar-refractivity contribution in [2.75, 3.05) is 6.61 Å². The van der Waals surface area contributed by atoms with Crippen molar-refractivity contribution in [3.8, 4) is 12.1 Å². The van der Waals surface area contributed by atoms with Crippen LogP contribution in [0.25, 0.3) is 6.08 Å². The molecule has 0 aliphatic heterocycles. The topological polar surface area (TPSA) is 56.8 Å².